The number of likely N-dealkylation sites (tertiary alicyclic amines) is 1. The van der Waals surface area contributed by atoms with Crippen LogP contribution in [0.3, 0.4) is 0 Å². The van der Waals surface area contributed by atoms with Gasteiger partial charge in [0.25, 0.3) is 11.8 Å². The highest BCUT2D eigenvalue weighted by molar-refractivity contribution is 6.05. The predicted octanol–water partition coefficient (Wildman–Crippen LogP) is 3.60. The van der Waals surface area contributed by atoms with Gasteiger partial charge in [0.05, 0.1) is 17.7 Å². The Morgan fingerprint density at radius 3 is 2.67 bits per heavy atom. The quantitative estimate of drug-likeness (QED) is 0.876. The van der Waals surface area contributed by atoms with Crippen molar-refractivity contribution in [2.24, 2.45) is 5.92 Å². The summed E-state index contributed by atoms with van der Waals surface area (Å²) >= 11 is 0. The van der Waals surface area contributed by atoms with Crippen molar-refractivity contribution in [2.45, 2.75) is 26.7 Å². The van der Waals surface area contributed by atoms with Crippen molar-refractivity contribution in [3.05, 3.63) is 53.9 Å². The van der Waals surface area contributed by atoms with Crippen LogP contribution in [0.15, 0.2) is 42.7 Å². The molecule has 1 aliphatic rings. The first kappa shape index (κ1) is 18.9. The second-order valence-corrected chi connectivity index (χ2v) is 6.87. The number of pyridine rings is 1. The van der Waals surface area contributed by atoms with Gasteiger partial charge in [-0.05, 0) is 56.0 Å². The molecule has 142 valence electrons. The molecule has 0 bridgehead atoms. The second kappa shape index (κ2) is 8.66. The van der Waals surface area contributed by atoms with E-state index in [1.54, 1.807) is 30.3 Å². The molecule has 1 N–H and O–H groups in total. The molecule has 1 aromatic heterocycles. The molecule has 0 radical (unpaired) electrons. The fourth-order valence-corrected chi connectivity index (χ4v) is 3.24. The number of hydrogen-bond donors (Lipinski definition) is 1. The van der Waals surface area contributed by atoms with E-state index in [0.717, 1.165) is 31.7 Å². The number of nitrogens with one attached hydrogen (secondary N) is 1. The Labute approximate surface area is 159 Å². The topological polar surface area (TPSA) is 71.5 Å². The first-order chi connectivity index (χ1) is 13.1. The molecule has 6 heteroatoms. The average Bonchev–Trinajstić information content (AvgIpc) is 2.69. The van der Waals surface area contributed by atoms with Crippen LogP contribution in [0.2, 0.25) is 0 Å². The molecule has 6 nitrogen and oxygen atoms in total. The van der Waals surface area contributed by atoms with Crippen LogP contribution in [-0.2, 0) is 0 Å². The number of ether oxygens (including phenoxy) is 1. The van der Waals surface area contributed by atoms with Crippen molar-refractivity contribution in [1.82, 2.24) is 9.88 Å². The largest absolute Gasteiger partial charge is 0.494 e. The summed E-state index contributed by atoms with van der Waals surface area (Å²) in [5.41, 5.74) is 1.47. The summed E-state index contributed by atoms with van der Waals surface area (Å²) in [6, 6.07) is 8.77. The zero-order chi connectivity index (χ0) is 19.2. The zero-order valence-electron chi connectivity index (χ0n) is 15.8. The number of amides is 2. The van der Waals surface area contributed by atoms with Gasteiger partial charge in [-0.3, -0.25) is 14.6 Å². The fraction of sp³-hybridized carbons (Fsp3) is 0.381. The first-order valence-electron chi connectivity index (χ1n) is 9.35. The average molecular weight is 367 g/mol. The molecule has 1 aromatic carbocycles. The Hall–Kier alpha value is -2.89. The van der Waals surface area contributed by atoms with Crippen LogP contribution >= 0.6 is 0 Å². The normalized spacial score (nSPS) is 16.7. The highest BCUT2D eigenvalue weighted by atomic mass is 16.5. The van der Waals surface area contributed by atoms with E-state index in [-0.39, 0.29) is 11.8 Å². The van der Waals surface area contributed by atoms with Crippen LogP contribution in [0, 0.1) is 5.92 Å². The van der Waals surface area contributed by atoms with Gasteiger partial charge in [-0.25, -0.2) is 0 Å². The van der Waals surface area contributed by atoms with E-state index in [1.165, 1.54) is 12.4 Å². The molecule has 0 saturated carbocycles. The maximum Gasteiger partial charge on any atom is 0.257 e. The summed E-state index contributed by atoms with van der Waals surface area (Å²) in [6.07, 6.45) is 5.15. The van der Waals surface area contributed by atoms with Gasteiger partial charge in [-0.15, -0.1) is 0 Å². The van der Waals surface area contributed by atoms with Crippen LogP contribution in [0.5, 0.6) is 5.75 Å². The third kappa shape index (κ3) is 4.84. The zero-order valence-corrected chi connectivity index (χ0v) is 15.8. The summed E-state index contributed by atoms with van der Waals surface area (Å²) in [7, 11) is 0. The first-order valence-corrected chi connectivity index (χ1v) is 9.35. The summed E-state index contributed by atoms with van der Waals surface area (Å²) in [5, 5.41) is 2.82. The summed E-state index contributed by atoms with van der Waals surface area (Å²) in [4.78, 5) is 31.2. The van der Waals surface area contributed by atoms with Gasteiger partial charge < -0.3 is 15.0 Å². The van der Waals surface area contributed by atoms with Crippen molar-refractivity contribution in [3.63, 3.8) is 0 Å². The van der Waals surface area contributed by atoms with Crippen LogP contribution in [0.25, 0.3) is 0 Å². The van der Waals surface area contributed by atoms with E-state index in [1.807, 2.05) is 11.8 Å². The third-order valence-corrected chi connectivity index (χ3v) is 4.61. The summed E-state index contributed by atoms with van der Waals surface area (Å²) in [5.74, 6) is 0.889. The van der Waals surface area contributed by atoms with Gasteiger partial charge in [0.15, 0.2) is 0 Å². The number of benzene rings is 1. The number of nitrogens with zero attached hydrogens (tertiary/aromatic N) is 2. The molecule has 27 heavy (non-hydrogen) atoms. The fourth-order valence-electron chi connectivity index (χ4n) is 3.24. The smallest absolute Gasteiger partial charge is 0.257 e. The maximum atomic E-state index is 12.7. The van der Waals surface area contributed by atoms with E-state index in [2.05, 4.69) is 17.2 Å². The summed E-state index contributed by atoms with van der Waals surface area (Å²) in [6.45, 7) is 6.17. The van der Waals surface area contributed by atoms with Crippen molar-refractivity contribution in [3.8, 4) is 5.75 Å². The van der Waals surface area contributed by atoms with Crippen molar-refractivity contribution < 1.29 is 14.3 Å². The molecule has 1 atom stereocenters. The molecule has 2 aromatic rings. The van der Waals surface area contributed by atoms with Gasteiger partial charge >= 0.3 is 0 Å². The molecule has 3 rings (SSSR count). The molecule has 1 saturated heterocycles. The molecule has 0 spiro atoms. The lowest BCUT2D eigenvalue weighted by Crippen LogP contribution is -2.39. The number of carbonyl (C=O) groups excluding carboxylic acids is 2. The highest BCUT2D eigenvalue weighted by Gasteiger charge is 2.23. The number of anilines is 1. The van der Waals surface area contributed by atoms with E-state index < -0.39 is 0 Å². The van der Waals surface area contributed by atoms with Crippen molar-refractivity contribution in [2.75, 3.05) is 25.0 Å². The lowest BCUT2D eigenvalue weighted by Gasteiger charge is -2.30. The van der Waals surface area contributed by atoms with E-state index in [9.17, 15) is 9.59 Å². The van der Waals surface area contributed by atoms with Crippen LogP contribution in [0.4, 0.5) is 5.69 Å². The van der Waals surface area contributed by atoms with Crippen molar-refractivity contribution in [1.29, 1.82) is 0 Å². The maximum absolute atomic E-state index is 12.7. The van der Waals surface area contributed by atoms with E-state index in [4.69, 9.17) is 4.74 Å². The van der Waals surface area contributed by atoms with Crippen molar-refractivity contribution >= 4 is 17.5 Å². The van der Waals surface area contributed by atoms with Crippen LogP contribution < -0.4 is 10.1 Å². The van der Waals surface area contributed by atoms with E-state index in [0.29, 0.717) is 29.3 Å². The Morgan fingerprint density at radius 1 is 1.22 bits per heavy atom. The standard InChI is InChI=1S/C21H25N3O3/c1-3-27-19-8-6-18(7-9-19)23-20(25)16-11-17(13-22-12-16)21(26)24-10-4-5-15(2)14-24/h6-9,11-13,15H,3-5,10,14H2,1-2H3,(H,23,25). The number of rotatable bonds is 5. The Kier molecular flexibility index (Phi) is 6.06. The lowest BCUT2D eigenvalue weighted by molar-refractivity contribution is 0.0682. The molecule has 1 fully saturated rings. The van der Waals surface area contributed by atoms with Gasteiger partial charge in [0.1, 0.15) is 5.75 Å². The number of aromatic nitrogens is 1. The molecule has 2 amide bonds. The third-order valence-electron chi connectivity index (χ3n) is 4.61. The van der Waals surface area contributed by atoms with E-state index >= 15 is 0 Å². The molecular formula is C21H25N3O3. The van der Waals surface area contributed by atoms with Gasteiger partial charge in [-0.2, -0.15) is 0 Å². The highest BCUT2D eigenvalue weighted by Crippen LogP contribution is 2.19. The van der Waals surface area contributed by atoms with Gasteiger partial charge in [-0.1, -0.05) is 6.92 Å². The SMILES string of the molecule is CCOc1ccc(NC(=O)c2cncc(C(=O)N3CCCC(C)C3)c2)cc1. The predicted molar refractivity (Wildman–Crippen MR) is 104 cm³/mol. The molecule has 1 unspecified atom stereocenters. The van der Waals surface area contributed by atoms with Crippen LogP contribution in [0.1, 0.15) is 47.4 Å². The molecule has 0 aliphatic carbocycles. The molecular weight excluding hydrogens is 342 g/mol. The van der Waals surface area contributed by atoms with Gasteiger partial charge in [0.2, 0.25) is 0 Å². The Balaban J connectivity index is 1.68. The van der Waals surface area contributed by atoms with Gasteiger partial charge in [0, 0.05) is 31.2 Å². The summed E-state index contributed by atoms with van der Waals surface area (Å²) < 4.78 is 5.39. The lowest BCUT2D eigenvalue weighted by atomic mass is 9.99. The minimum absolute atomic E-state index is 0.0650. The van der Waals surface area contributed by atoms with Crippen LogP contribution in [-0.4, -0.2) is 41.4 Å². The molecule has 2 heterocycles. The minimum Gasteiger partial charge on any atom is -0.494 e. The minimum atomic E-state index is -0.298. The Bertz CT molecular complexity index is 805. The number of carbonyl (C=O) groups is 2. The Morgan fingerprint density at radius 2 is 1.96 bits per heavy atom. The number of hydrogen-bond acceptors (Lipinski definition) is 4. The second-order valence-electron chi connectivity index (χ2n) is 6.87. The monoisotopic (exact) mass is 367 g/mol. The number of piperidine rings is 1. The molecule has 1 aliphatic heterocycles.